The molecule has 0 aliphatic heterocycles. The first kappa shape index (κ1) is 27.0. The summed E-state index contributed by atoms with van der Waals surface area (Å²) in [6.45, 7) is 8.39. The molecule has 0 radical (unpaired) electrons. The lowest BCUT2D eigenvalue weighted by Crippen LogP contribution is -2.53. The Balaban J connectivity index is 1.91. The van der Waals surface area contributed by atoms with E-state index in [-0.39, 0.29) is 30.4 Å². The lowest BCUT2D eigenvalue weighted by molar-refractivity contribution is -0.143. The molecule has 0 bridgehead atoms. The monoisotopic (exact) mass is 486 g/mol. The van der Waals surface area contributed by atoms with Gasteiger partial charge in [-0.25, -0.2) is 0 Å². The first-order chi connectivity index (χ1) is 17.4. The second-order valence-electron chi connectivity index (χ2n) is 9.51. The summed E-state index contributed by atoms with van der Waals surface area (Å²) in [7, 11) is 0. The van der Waals surface area contributed by atoms with Gasteiger partial charge in [-0.3, -0.25) is 9.59 Å². The Hall–Kier alpha value is -3.60. The highest BCUT2D eigenvalue weighted by Crippen LogP contribution is 2.26. The Morgan fingerprint density at radius 1 is 0.833 bits per heavy atom. The molecular formula is C31H38N2O3. The average molecular weight is 487 g/mol. The van der Waals surface area contributed by atoms with E-state index in [1.165, 1.54) is 0 Å². The maximum Gasteiger partial charge on any atom is 0.261 e. The van der Waals surface area contributed by atoms with Crippen LogP contribution >= 0.6 is 0 Å². The van der Waals surface area contributed by atoms with E-state index in [0.29, 0.717) is 18.7 Å². The predicted molar refractivity (Wildman–Crippen MR) is 145 cm³/mol. The molecule has 0 unspecified atom stereocenters. The number of benzene rings is 3. The van der Waals surface area contributed by atoms with Crippen LogP contribution in [0.1, 0.15) is 56.7 Å². The number of hydrogen-bond donors (Lipinski definition) is 1. The topological polar surface area (TPSA) is 58.6 Å². The first-order valence-corrected chi connectivity index (χ1v) is 12.8. The van der Waals surface area contributed by atoms with Gasteiger partial charge in [0.05, 0.1) is 0 Å². The Kier molecular flexibility index (Phi) is 10.1. The van der Waals surface area contributed by atoms with E-state index < -0.39 is 6.04 Å². The Morgan fingerprint density at radius 2 is 1.42 bits per heavy atom. The molecule has 1 N–H and O–H groups in total. The largest absolute Gasteiger partial charge is 0.483 e. The SMILES string of the molecule is CC[C@@H](C)NC(=O)[C@@H](Cc1ccccc1)N(Cc1ccccc1)C(=O)COc1ccccc1C(C)C. The van der Waals surface area contributed by atoms with Gasteiger partial charge < -0.3 is 15.0 Å². The summed E-state index contributed by atoms with van der Waals surface area (Å²) in [5.74, 6) is 0.589. The number of ether oxygens (including phenoxy) is 1. The van der Waals surface area contributed by atoms with Crippen LogP contribution in [0.15, 0.2) is 84.9 Å². The highest BCUT2D eigenvalue weighted by molar-refractivity contribution is 5.88. The summed E-state index contributed by atoms with van der Waals surface area (Å²) < 4.78 is 6.04. The van der Waals surface area contributed by atoms with E-state index in [4.69, 9.17) is 4.74 Å². The van der Waals surface area contributed by atoms with E-state index in [1.54, 1.807) is 4.90 Å². The third-order valence-electron chi connectivity index (χ3n) is 6.36. The van der Waals surface area contributed by atoms with E-state index in [1.807, 2.05) is 98.8 Å². The van der Waals surface area contributed by atoms with E-state index in [9.17, 15) is 9.59 Å². The van der Waals surface area contributed by atoms with Gasteiger partial charge in [0.15, 0.2) is 6.61 Å². The van der Waals surface area contributed by atoms with Crippen LogP contribution in [-0.4, -0.2) is 35.4 Å². The van der Waals surface area contributed by atoms with Gasteiger partial charge in [0.25, 0.3) is 5.91 Å². The molecular weight excluding hydrogens is 448 g/mol. The van der Waals surface area contributed by atoms with Crippen molar-refractivity contribution in [3.8, 4) is 5.75 Å². The molecule has 190 valence electrons. The van der Waals surface area contributed by atoms with Gasteiger partial charge in [-0.1, -0.05) is 99.6 Å². The smallest absolute Gasteiger partial charge is 0.261 e. The van der Waals surface area contributed by atoms with Crippen molar-refractivity contribution in [1.82, 2.24) is 10.2 Å². The summed E-state index contributed by atoms with van der Waals surface area (Å²) >= 11 is 0. The van der Waals surface area contributed by atoms with Gasteiger partial charge in [-0.2, -0.15) is 0 Å². The van der Waals surface area contributed by atoms with Crippen molar-refractivity contribution in [1.29, 1.82) is 0 Å². The van der Waals surface area contributed by atoms with Crippen molar-refractivity contribution < 1.29 is 14.3 Å². The fraction of sp³-hybridized carbons (Fsp3) is 0.355. The van der Waals surface area contributed by atoms with Gasteiger partial charge in [-0.05, 0) is 42.0 Å². The molecule has 0 saturated heterocycles. The average Bonchev–Trinajstić information content (AvgIpc) is 2.90. The highest BCUT2D eigenvalue weighted by atomic mass is 16.5. The molecule has 0 saturated carbocycles. The van der Waals surface area contributed by atoms with Crippen LogP contribution in [0.2, 0.25) is 0 Å². The summed E-state index contributed by atoms with van der Waals surface area (Å²) in [5.41, 5.74) is 3.01. The number of hydrogen-bond acceptors (Lipinski definition) is 3. The van der Waals surface area contributed by atoms with Crippen LogP contribution in [0, 0.1) is 0 Å². The molecule has 3 aromatic rings. The molecule has 0 fully saturated rings. The van der Waals surface area contributed by atoms with Crippen molar-refractivity contribution >= 4 is 11.8 Å². The zero-order valence-corrected chi connectivity index (χ0v) is 21.8. The summed E-state index contributed by atoms with van der Waals surface area (Å²) in [5, 5.41) is 3.10. The number of nitrogens with zero attached hydrogens (tertiary/aromatic N) is 1. The van der Waals surface area contributed by atoms with Crippen LogP contribution in [0.4, 0.5) is 0 Å². The molecule has 36 heavy (non-hydrogen) atoms. The zero-order valence-electron chi connectivity index (χ0n) is 21.8. The van der Waals surface area contributed by atoms with Gasteiger partial charge in [0, 0.05) is 19.0 Å². The second-order valence-corrected chi connectivity index (χ2v) is 9.51. The van der Waals surface area contributed by atoms with Gasteiger partial charge in [0.1, 0.15) is 11.8 Å². The summed E-state index contributed by atoms with van der Waals surface area (Å²) in [6.07, 6.45) is 1.23. The summed E-state index contributed by atoms with van der Waals surface area (Å²) in [4.78, 5) is 28.9. The standard InChI is InChI=1S/C31H38N2O3/c1-5-24(4)32-31(35)28(20-25-14-8-6-9-15-25)33(21-26-16-10-7-11-17-26)30(34)22-36-29-19-13-12-18-27(29)23(2)3/h6-19,23-24,28H,5,20-22H2,1-4H3,(H,32,35)/t24-,28-/m1/s1. The third-order valence-corrected chi connectivity index (χ3v) is 6.36. The minimum Gasteiger partial charge on any atom is -0.483 e. The molecule has 0 heterocycles. The van der Waals surface area contributed by atoms with E-state index in [2.05, 4.69) is 19.2 Å². The fourth-order valence-corrected chi connectivity index (χ4v) is 4.09. The van der Waals surface area contributed by atoms with Crippen LogP contribution in [0.5, 0.6) is 5.75 Å². The fourth-order valence-electron chi connectivity index (χ4n) is 4.09. The molecule has 5 nitrogen and oxygen atoms in total. The minimum atomic E-state index is -0.668. The number of amides is 2. The molecule has 0 aliphatic rings. The van der Waals surface area contributed by atoms with Crippen molar-refractivity contribution in [2.24, 2.45) is 0 Å². The van der Waals surface area contributed by atoms with Crippen molar-refractivity contribution in [2.45, 2.75) is 65.1 Å². The maximum atomic E-state index is 13.7. The van der Waals surface area contributed by atoms with Gasteiger partial charge >= 0.3 is 0 Å². The van der Waals surface area contributed by atoms with E-state index >= 15 is 0 Å². The number of nitrogens with one attached hydrogen (secondary N) is 1. The minimum absolute atomic E-state index is 0.0126. The molecule has 0 aliphatic carbocycles. The number of rotatable bonds is 12. The maximum absolute atomic E-state index is 13.7. The molecule has 2 amide bonds. The number of para-hydroxylation sites is 1. The number of carbonyl (C=O) groups is 2. The third kappa shape index (κ3) is 7.70. The molecule has 3 aromatic carbocycles. The molecule has 0 aromatic heterocycles. The van der Waals surface area contributed by atoms with Crippen molar-refractivity contribution in [2.75, 3.05) is 6.61 Å². The quantitative estimate of drug-likeness (QED) is 0.355. The molecule has 3 rings (SSSR count). The molecule has 0 spiro atoms. The Bertz CT molecular complexity index is 1100. The van der Waals surface area contributed by atoms with Gasteiger partial charge in [-0.15, -0.1) is 0 Å². The second kappa shape index (κ2) is 13.5. The van der Waals surface area contributed by atoms with Gasteiger partial charge in [0.2, 0.25) is 5.91 Å². The zero-order chi connectivity index (χ0) is 25.9. The number of carbonyl (C=O) groups excluding carboxylic acids is 2. The van der Waals surface area contributed by atoms with Crippen LogP contribution in [0.25, 0.3) is 0 Å². The normalized spacial score (nSPS) is 12.6. The first-order valence-electron chi connectivity index (χ1n) is 12.8. The highest BCUT2D eigenvalue weighted by Gasteiger charge is 2.31. The Labute approximate surface area is 215 Å². The van der Waals surface area contributed by atoms with Crippen molar-refractivity contribution in [3.63, 3.8) is 0 Å². The lowest BCUT2D eigenvalue weighted by Gasteiger charge is -2.32. The molecule has 2 atom stereocenters. The Morgan fingerprint density at radius 3 is 2.03 bits per heavy atom. The summed E-state index contributed by atoms with van der Waals surface area (Å²) in [6, 6.07) is 26.7. The molecule has 5 heteroatoms. The van der Waals surface area contributed by atoms with Crippen LogP contribution < -0.4 is 10.1 Å². The van der Waals surface area contributed by atoms with Crippen LogP contribution in [0.3, 0.4) is 0 Å². The lowest BCUT2D eigenvalue weighted by atomic mass is 10.0. The van der Waals surface area contributed by atoms with Crippen LogP contribution in [-0.2, 0) is 22.6 Å². The van der Waals surface area contributed by atoms with E-state index in [0.717, 1.165) is 23.1 Å². The van der Waals surface area contributed by atoms with Crippen molar-refractivity contribution in [3.05, 3.63) is 102 Å². The predicted octanol–water partition coefficient (Wildman–Crippen LogP) is 5.74.